The fraction of sp³-hybridized carbons (Fsp3) is 0.106. The third kappa shape index (κ3) is 6.75. The first-order valence-corrected chi connectivity index (χ1v) is 17.4. The van der Waals surface area contributed by atoms with E-state index in [1.165, 1.54) is 5.56 Å². The quantitative estimate of drug-likeness (QED) is 0.150. The van der Waals surface area contributed by atoms with Gasteiger partial charge in [-0.2, -0.15) is 0 Å². The maximum Gasteiger partial charge on any atom is 0.147 e. The summed E-state index contributed by atoms with van der Waals surface area (Å²) in [7, 11) is 2.15. The molecule has 4 nitrogen and oxygen atoms in total. The molecule has 0 amide bonds. The van der Waals surface area contributed by atoms with Crippen molar-refractivity contribution in [2.75, 3.05) is 11.9 Å². The molecule has 8 aromatic rings. The zero-order valence-electron chi connectivity index (χ0n) is 29.7. The number of nitrogens with zero attached hydrogens (tertiary/aromatic N) is 4. The smallest absolute Gasteiger partial charge is 0.147 e. The van der Waals surface area contributed by atoms with Gasteiger partial charge in [0.2, 0.25) is 0 Å². The maximum absolute atomic E-state index is 5.35. The fourth-order valence-electron chi connectivity index (χ4n) is 6.79. The van der Waals surface area contributed by atoms with E-state index in [0.29, 0.717) is 0 Å². The second kappa shape index (κ2) is 14.6. The molecule has 0 bridgehead atoms. The molecule has 0 N–H and O–H groups in total. The topological polar surface area (TPSA) is 34.0 Å². The number of anilines is 2. The van der Waals surface area contributed by atoms with Crippen LogP contribution in [0, 0.1) is 6.07 Å². The summed E-state index contributed by atoms with van der Waals surface area (Å²) in [5.74, 6) is 0.892. The van der Waals surface area contributed by atoms with Crippen molar-refractivity contribution < 1.29 is 21.1 Å². The Labute approximate surface area is 320 Å². The Morgan fingerprint density at radius 1 is 0.577 bits per heavy atom. The van der Waals surface area contributed by atoms with Crippen LogP contribution in [-0.2, 0) is 26.5 Å². The van der Waals surface area contributed by atoms with Crippen LogP contribution in [0.15, 0.2) is 164 Å². The summed E-state index contributed by atoms with van der Waals surface area (Å²) >= 11 is 0. The molecule has 2 heterocycles. The molecule has 0 radical (unpaired) electrons. The monoisotopic (exact) mass is 854 g/mol. The number of para-hydroxylation sites is 4. The average Bonchev–Trinajstić information content (AvgIpc) is 3.57. The molecule has 0 aliphatic heterocycles. The Hall–Kier alpha value is -5.57. The summed E-state index contributed by atoms with van der Waals surface area (Å²) in [6.45, 7) is 6.78. The largest absolute Gasteiger partial charge is 0.343 e. The first-order valence-electron chi connectivity index (χ1n) is 17.4. The number of pyridine rings is 1. The van der Waals surface area contributed by atoms with Gasteiger partial charge in [0, 0.05) is 44.9 Å². The van der Waals surface area contributed by atoms with Crippen LogP contribution in [0.2, 0.25) is 0 Å². The SMILES string of the molecule is CN(c1ccc(C(C)(C)C)cc1-c1cc(-c2ccccc2)cc(-c2[c-]cccc2)n1)c1ccccc1-c1nc2ccccc2n1-c1ccccc1.[Pt]. The Morgan fingerprint density at radius 3 is 1.98 bits per heavy atom. The first-order chi connectivity index (χ1) is 24.8. The Kier molecular flexibility index (Phi) is 9.77. The number of fused-ring (bicyclic) bond motifs is 1. The number of imidazole rings is 1. The molecule has 6 aromatic carbocycles. The molecule has 0 unspecified atom stereocenters. The minimum Gasteiger partial charge on any atom is -0.343 e. The number of rotatable bonds is 7. The normalized spacial score (nSPS) is 11.3. The van der Waals surface area contributed by atoms with Gasteiger partial charge in [0.1, 0.15) is 5.82 Å². The molecule has 0 spiro atoms. The van der Waals surface area contributed by atoms with Gasteiger partial charge in [-0.3, -0.25) is 9.55 Å². The van der Waals surface area contributed by atoms with E-state index in [1.807, 2.05) is 24.3 Å². The van der Waals surface area contributed by atoms with Crippen LogP contribution in [0.1, 0.15) is 26.3 Å². The molecule has 0 aliphatic carbocycles. The van der Waals surface area contributed by atoms with E-state index in [0.717, 1.165) is 73.1 Å². The predicted molar refractivity (Wildman–Crippen MR) is 213 cm³/mol. The molecule has 0 saturated heterocycles. The van der Waals surface area contributed by atoms with Gasteiger partial charge in [-0.1, -0.05) is 106 Å². The first kappa shape index (κ1) is 34.9. The maximum atomic E-state index is 5.35. The van der Waals surface area contributed by atoms with Gasteiger partial charge in [0.25, 0.3) is 0 Å². The molecule has 0 aliphatic rings. The number of aromatic nitrogens is 3. The van der Waals surface area contributed by atoms with Crippen molar-refractivity contribution in [2.45, 2.75) is 26.2 Å². The van der Waals surface area contributed by atoms with Gasteiger partial charge in [0.05, 0.1) is 28.1 Å². The van der Waals surface area contributed by atoms with Crippen LogP contribution in [0.25, 0.3) is 61.8 Å². The Morgan fingerprint density at radius 2 is 1.23 bits per heavy atom. The van der Waals surface area contributed by atoms with E-state index < -0.39 is 0 Å². The van der Waals surface area contributed by atoms with Gasteiger partial charge in [0.15, 0.2) is 0 Å². The van der Waals surface area contributed by atoms with E-state index in [4.69, 9.17) is 9.97 Å². The minimum atomic E-state index is -0.0582. The zero-order valence-corrected chi connectivity index (χ0v) is 32.0. The molecule has 258 valence electrons. The van der Waals surface area contributed by atoms with Crippen LogP contribution in [0.5, 0.6) is 0 Å². The van der Waals surface area contributed by atoms with E-state index in [9.17, 15) is 0 Å². The molecular formula is C47H39N4Pt-. The van der Waals surface area contributed by atoms with Gasteiger partial charge in [-0.15, -0.1) is 35.9 Å². The van der Waals surface area contributed by atoms with Gasteiger partial charge in [-0.05, 0) is 82.4 Å². The predicted octanol–water partition coefficient (Wildman–Crippen LogP) is 12.0. The molecule has 8 rings (SSSR count). The van der Waals surface area contributed by atoms with E-state index in [2.05, 4.69) is 183 Å². The fourth-order valence-corrected chi connectivity index (χ4v) is 6.79. The number of benzene rings is 6. The van der Waals surface area contributed by atoms with Crippen molar-refractivity contribution in [1.82, 2.24) is 14.5 Å². The van der Waals surface area contributed by atoms with Crippen molar-refractivity contribution >= 4 is 22.4 Å². The second-order valence-electron chi connectivity index (χ2n) is 13.9. The Balaban J connectivity index is 0.00000420. The summed E-state index contributed by atoms with van der Waals surface area (Å²) < 4.78 is 2.26. The average molecular weight is 855 g/mol. The van der Waals surface area contributed by atoms with Crippen LogP contribution >= 0.6 is 0 Å². The summed E-state index contributed by atoms with van der Waals surface area (Å²) in [5.41, 5.74) is 13.5. The summed E-state index contributed by atoms with van der Waals surface area (Å²) in [5, 5.41) is 0. The standard InChI is InChI=1S/C47H39N4.Pt/c1-47(2,3)36-28-29-44(39(32-36)42-31-35(33-18-8-5-9-19-33)30-41(48-42)34-20-10-6-11-21-34)50(4)43-26-16-14-24-38(43)46-49-40-25-15-17-27-45(40)51(46)37-22-12-7-13-23-37;/h5-20,22-32H,1-4H3;/q-1;. The third-order valence-corrected chi connectivity index (χ3v) is 9.50. The Bertz CT molecular complexity index is 2410. The third-order valence-electron chi connectivity index (χ3n) is 9.50. The van der Waals surface area contributed by atoms with Crippen molar-refractivity contribution in [3.63, 3.8) is 0 Å². The molecular weight excluding hydrogens is 816 g/mol. The van der Waals surface area contributed by atoms with Crippen molar-refractivity contribution in [1.29, 1.82) is 0 Å². The molecule has 52 heavy (non-hydrogen) atoms. The van der Waals surface area contributed by atoms with Gasteiger partial charge in [-0.25, -0.2) is 4.98 Å². The van der Waals surface area contributed by atoms with Crippen LogP contribution in [0.3, 0.4) is 0 Å². The molecule has 0 saturated carbocycles. The summed E-state index contributed by atoms with van der Waals surface area (Å²) in [4.78, 5) is 12.9. The van der Waals surface area contributed by atoms with Crippen molar-refractivity contribution in [3.8, 4) is 50.7 Å². The molecule has 0 atom stereocenters. The van der Waals surface area contributed by atoms with E-state index in [-0.39, 0.29) is 26.5 Å². The van der Waals surface area contributed by atoms with Gasteiger partial charge >= 0.3 is 0 Å². The summed E-state index contributed by atoms with van der Waals surface area (Å²) in [6, 6.07) is 60.6. The van der Waals surface area contributed by atoms with E-state index in [1.54, 1.807) is 0 Å². The number of hydrogen-bond donors (Lipinski definition) is 0. The second-order valence-corrected chi connectivity index (χ2v) is 13.9. The van der Waals surface area contributed by atoms with Crippen LogP contribution in [-0.4, -0.2) is 21.6 Å². The zero-order chi connectivity index (χ0) is 35.0. The molecule has 5 heteroatoms. The van der Waals surface area contributed by atoms with Gasteiger partial charge < -0.3 is 4.90 Å². The molecule has 2 aromatic heterocycles. The molecule has 0 fully saturated rings. The summed E-state index contributed by atoms with van der Waals surface area (Å²) in [6.07, 6.45) is 0. The van der Waals surface area contributed by atoms with Crippen LogP contribution < -0.4 is 4.90 Å². The number of hydrogen-bond acceptors (Lipinski definition) is 3. The van der Waals surface area contributed by atoms with Crippen molar-refractivity contribution in [2.24, 2.45) is 0 Å². The van der Waals surface area contributed by atoms with Crippen LogP contribution in [0.4, 0.5) is 11.4 Å². The van der Waals surface area contributed by atoms with E-state index >= 15 is 0 Å². The van der Waals surface area contributed by atoms with Crippen molar-refractivity contribution in [3.05, 3.63) is 175 Å². The minimum absolute atomic E-state index is 0.